The summed E-state index contributed by atoms with van der Waals surface area (Å²) >= 11 is 0. The minimum Gasteiger partial charge on any atom is -0.343 e. The van der Waals surface area contributed by atoms with Crippen LogP contribution in [0.4, 0.5) is 0 Å². The van der Waals surface area contributed by atoms with Crippen LogP contribution >= 0.6 is 0 Å². The third-order valence-corrected chi connectivity index (χ3v) is 8.45. The average molecular weight is 472 g/mol. The van der Waals surface area contributed by atoms with E-state index in [-0.39, 0.29) is 0 Å². The molecule has 174 valence electrons. The molecule has 0 atom stereocenters. The molecule has 6 aromatic carbocycles. The lowest BCUT2D eigenvalue weighted by molar-refractivity contribution is 0.769. The van der Waals surface area contributed by atoms with E-state index in [2.05, 4.69) is 145 Å². The second kappa shape index (κ2) is 7.44. The highest BCUT2D eigenvalue weighted by Gasteiger charge is 2.48. The van der Waals surface area contributed by atoms with Gasteiger partial charge >= 0.3 is 0 Å². The second-order valence-electron chi connectivity index (χ2n) is 10.1. The van der Waals surface area contributed by atoms with Crippen molar-refractivity contribution in [2.45, 2.75) is 5.41 Å². The van der Waals surface area contributed by atoms with Gasteiger partial charge in [-0.3, -0.25) is 0 Å². The van der Waals surface area contributed by atoms with Crippen LogP contribution < -0.4 is 0 Å². The van der Waals surface area contributed by atoms with Gasteiger partial charge in [-0.05, 0) is 44.7 Å². The van der Waals surface area contributed by atoms with Gasteiger partial charge in [0.05, 0.1) is 10.9 Å². The molecule has 0 bridgehead atoms. The van der Waals surface area contributed by atoms with Crippen LogP contribution in [0.5, 0.6) is 0 Å². The van der Waals surface area contributed by atoms with Crippen molar-refractivity contribution < 1.29 is 0 Å². The number of rotatable bonds is 2. The quantitative estimate of drug-likeness (QED) is 0.237. The summed E-state index contributed by atoms with van der Waals surface area (Å²) in [5, 5.41) is 5.30. The average Bonchev–Trinajstić information content (AvgIpc) is 3.45. The van der Waals surface area contributed by atoms with Crippen LogP contribution in [-0.2, 0) is 12.5 Å². The first-order valence-electron chi connectivity index (χ1n) is 12.9. The predicted octanol–water partition coefficient (Wildman–Crippen LogP) is 8.85. The molecule has 0 spiro atoms. The molecular formula is C36H25N. The smallest absolute Gasteiger partial charge is 0.0734 e. The molecule has 1 heterocycles. The van der Waals surface area contributed by atoms with Gasteiger partial charge in [0, 0.05) is 28.9 Å². The van der Waals surface area contributed by atoms with Gasteiger partial charge in [0.15, 0.2) is 0 Å². The highest BCUT2D eigenvalue weighted by atomic mass is 14.9. The van der Waals surface area contributed by atoms with Gasteiger partial charge in [-0.25, -0.2) is 0 Å². The van der Waals surface area contributed by atoms with Gasteiger partial charge in [-0.1, -0.05) is 127 Å². The second-order valence-corrected chi connectivity index (χ2v) is 10.1. The maximum absolute atomic E-state index is 2.43. The van der Waals surface area contributed by atoms with E-state index in [4.69, 9.17) is 0 Å². The fraction of sp³-hybridized carbons (Fsp3) is 0.0556. The number of aryl methyl sites for hydroxylation is 1. The Hall–Kier alpha value is -4.62. The van der Waals surface area contributed by atoms with Crippen molar-refractivity contribution in [2.75, 3.05) is 0 Å². The molecule has 0 saturated heterocycles. The summed E-state index contributed by atoms with van der Waals surface area (Å²) < 4.78 is 2.43. The predicted molar refractivity (Wildman–Crippen MR) is 155 cm³/mol. The van der Waals surface area contributed by atoms with Gasteiger partial charge in [-0.15, -0.1) is 0 Å². The molecule has 0 saturated carbocycles. The molecule has 0 fully saturated rings. The first kappa shape index (κ1) is 20.6. The third kappa shape index (κ3) is 2.49. The van der Waals surface area contributed by atoms with E-state index in [0.717, 1.165) is 0 Å². The Kier molecular flexibility index (Phi) is 4.14. The zero-order valence-electron chi connectivity index (χ0n) is 20.6. The Bertz CT molecular complexity index is 1940. The van der Waals surface area contributed by atoms with Crippen LogP contribution in [0.3, 0.4) is 0 Å². The van der Waals surface area contributed by atoms with Crippen molar-refractivity contribution in [3.05, 3.63) is 156 Å². The van der Waals surface area contributed by atoms with E-state index in [1.54, 1.807) is 0 Å². The lowest BCUT2D eigenvalue weighted by atomic mass is 9.67. The Labute approximate surface area is 216 Å². The number of aromatic nitrogens is 1. The van der Waals surface area contributed by atoms with E-state index < -0.39 is 5.41 Å². The molecule has 0 radical (unpaired) electrons. The molecule has 8 rings (SSSR count). The number of hydrogen-bond donors (Lipinski definition) is 0. The number of hydrogen-bond acceptors (Lipinski definition) is 0. The largest absolute Gasteiger partial charge is 0.343 e. The molecule has 0 N–H and O–H groups in total. The monoisotopic (exact) mass is 471 g/mol. The van der Waals surface area contributed by atoms with Crippen molar-refractivity contribution in [1.29, 1.82) is 0 Å². The molecule has 1 aromatic heterocycles. The molecule has 1 aliphatic rings. The Morgan fingerprint density at radius 2 is 1.05 bits per heavy atom. The molecule has 37 heavy (non-hydrogen) atoms. The molecule has 0 aliphatic heterocycles. The minimum atomic E-state index is -0.432. The first-order chi connectivity index (χ1) is 18.3. The third-order valence-electron chi connectivity index (χ3n) is 8.45. The number of para-hydroxylation sites is 1. The van der Waals surface area contributed by atoms with Gasteiger partial charge in [0.25, 0.3) is 0 Å². The fourth-order valence-corrected chi connectivity index (χ4v) is 7.08. The first-order valence-corrected chi connectivity index (χ1v) is 12.9. The summed E-state index contributed by atoms with van der Waals surface area (Å²) in [5.41, 5.74) is 10.2. The van der Waals surface area contributed by atoms with Gasteiger partial charge in [-0.2, -0.15) is 0 Å². The van der Waals surface area contributed by atoms with Gasteiger partial charge < -0.3 is 4.57 Å². The standard InChI is InChI=1S/C36H25N/c1-37-31-23-13-11-21-29(31)33-27-19-9-8-18-26(27)32-28-20-10-12-22-30(28)36(34(32)35(33)37,24-14-4-2-5-15-24)25-16-6-3-7-17-25/h2-23H,1H3. The fourth-order valence-electron chi connectivity index (χ4n) is 7.08. The highest BCUT2D eigenvalue weighted by Crippen LogP contribution is 2.60. The molecule has 1 heteroatoms. The lowest BCUT2D eigenvalue weighted by Crippen LogP contribution is -2.29. The normalized spacial score (nSPS) is 13.8. The van der Waals surface area contributed by atoms with Crippen molar-refractivity contribution in [1.82, 2.24) is 4.57 Å². The van der Waals surface area contributed by atoms with Crippen molar-refractivity contribution >= 4 is 32.6 Å². The Morgan fingerprint density at radius 1 is 0.514 bits per heavy atom. The molecule has 0 unspecified atom stereocenters. The van der Waals surface area contributed by atoms with E-state index in [1.165, 1.54) is 66.0 Å². The van der Waals surface area contributed by atoms with E-state index in [0.29, 0.717) is 0 Å². The maximum atomic E-state index is 2.43. The van der Waals surface area contributed by atoms with E-state index >= 15 is 0 Å². The Morgan fingerprint density at radius 3 is 1.76 bits per heavy atom. The maximum Gasteiger partial charge on any atom is 0.0734 e. The minimum absolute atomic E-state index is 0.432. The molecule has 0 amide bonds. The lowest BCUT2D eigenvalue weighted by Gasteiger charge is -2.34. The van der Waals surface area contributed by atoms with Crippen LogP contribution in [0.15, 0.2) is 133 Å². The van der Waals surface area contributed by atoms with Crippen LogP contribution in [0.25, 0.3) is 43.7 Å². The van der Waals surface area contributed by atoms with E-state index in [9.17, 15) is 0 Å². The van der Waals surface area contributed by atoms with Crippen LogP contribution in [0.2, 0.25) is 0 Å². The van der Waals surface area contributed by atoms with Crippen LogP contribution in [0, 0.1) is 0 Å². The molecule has 1 nitrogen and oxygen atoms in total. The van der Waals surface area contributed by atoms with Crippen molar-refractivity contribution in [3.8, 4) is 11.1 Å². The summed E-state index contributed by atoms with van der Waals surface area (Å²) in [4.78, 5) is 0. The van der Waals surface area contributed by atoms with Crippen LogP contribution in [0.1, 0.15) is 22.3 Å². The molecule has 7 aromatic rings. The number of nitrogens with zero attached hydrogens (tertiary/aromatic N) is 1. The Balaban J connectivity index is 1.74. The summed E-state index contributed by atoms with van der Waals surface area (Å²) in [7, 11) is 2.24. The number of benzene rings is 6. The summed E-state index contributed by atoms with van der Waals surface area (Å²) in [6.45, 7) is 0. The van der Waals surface area contributed by atoms with Gasteiger partial charge in [0.1, 0.15) is 0 Å². The molecular weight excluding hydrogens is 446 g/mol. The van der Waals surface area contributed by atoms with E-state index in [1.807, 2.05) is 0 Å². The van der Waals surface area contributed by atoms with Crippen molar-refractivity contribution in [2.24, 2.45) is 7.05 Å². The topological polar surface area (TPSA) is 4.93 Å². The zero-order valence-corrected chi connectivity index (χ0v) is 20.6. The number of fused-ring (bicyclic) bond motifs is 10. The summed E-state index contributed by atoms with van der Waals surface area (Å²) in [6, 6.07) is 49.1. The van der Waals surface area contributed by atoms with Gasteiger partial charge in [0.2, 0.25) is 0 Å². The highest BCUT2D eigenvalue weighted by molar-refractivity contribution is 6.26. The molecule has 1 aliphatic carbocycles. The zero-order chi connectivity index (χ0) is 24.6. The van der Waals surface area contributed by atoms with Crippen molar-refractivity contribution in [3.63, 3.8) is 0 Å². The summed E-state index contributed by atoms with van der Waals surface area (Å²) in [6.07, 6.45) is 0. The summed E-state index contributed by atoms with van der Waals surface area (Å²) in [5.74, 6) is 0. The van der Waals surface area contributed by atoms with Crippen LogP contribution in [-0.4, -0.2) is 4.57 Å². The SMILES string of the molecule is Cn1c2ccccc2c2c3ccccc3c3c(c21)C(c1ccccc1)(c1ccccc1)c1ccccc1-3.